The number of carbonyl (C=O) groups excluding carboxylic acids is 1. The van der Waals surface area contributed by atoms with E-state index in [9.17, 15) is 14.7 Å². The zero-order valence-electron chi connectivity index (χ0n) is 12.5. The Morgan fingerprint density at radius 2 is 1.86 bits per heavy atom. The summed E-state index contributed by atoms with van der Waals surface area (Å²) < 4.78 is 1.77. The van der Waals surface area contributed by atoms with Gasteiger partial charge in [-0.05, 0) is 26.7 Å². The van der Waals surface area contributed by atoms with Crippen LogP contribution in [-0.2, 0) is 6.54 Å². The van der Waals surface area contributed by atoms with E-state index in [-0.39, 0.29) is 23.6 Å². The van der Waals surface area contributed by atoms with Gasteiger partial charge >= 0.3 is 5.56 Å². The first-order valence-electron chi connectivity index (χ1n) is 7.65. The minimum Gasteiger partial charge on any atom is -0.501 e. The fourth-order valence-corrected chi connectivity index (χ4v) is 3.44. The second-order valence-corrected chi connectivity index (χ2v) is 6.20. The Bertz CT molecular complexity index is 630. The first-order chi connectivity index (χ1) is 10.0. The average Bonchev–Trinajstić information content (AvgIpc) is 2.96. The van der Waals surface area contributed by atoms with Crippen LogP contribution in [0.2, 0.25) is 0 Å². The minimum absolute atomic E-state index is 0.0452. The molecule has 1 amide bonds. The molecule has 0 atom stereocenters. The first-order valence-corrected chi connectivity index (χ1v) is 7.65. The van der Waals surface area contributed by atoms with Crippen LogP contribution in [0.5, 0.6) is 5.75 Å². The van der Waals surface area contributed by atoms with Crippen LogP contribution >= 0.6 is 0 Å². The molecule has 6 heteroatoms. The SMILES string of the molecule is CC(C)N1CCn2c(C3CCCC3)nc(=O)c(O)c2C1=O. The van der Waals surface area contributed by atoms with Gasteiger partial charge in [-0.1, -0.05) is 12.8 Å². The molecule has 1 aromatic rings. The summed E-state index contributed by atoms with van der Waals surface area (Å²) in [5, 5.41) is 10.0. The number of hydrogen-bond donors (Lipinski definition) is 1. The molecule has 0 unspecified atom stereocenters. The van der Waals surface area contributed by atoms with E-state index in [0.29, 0.717) is 18.9 Å². The highest BCUT2D eigenvalue weighted by molar-refractivity contribution is 5.95. The molecule has 1 N–H and O–H groups in total. The van der Waals surface area contributed by atoms with Crippen LogP contribution in [-0.4, -0.2) is 38.1 Å². The molecular weight excluding hydrogens is 270 g/mol. The molecule has 0 bridgehead atoms. The van der Waals surface area contributed by atoms with Crippen LogP contribution in [0.15, 0.2) is 4.79 Å². The minimum atomic E-state index is -0.679. The lowest BCUT2D eigenvalue weighted by molar-refractivity contribution is 0.0636. The first kappa shape index (κ1) is 14.1. The van der Waals surface area contributed by atoms with Crippen molar-refractivity contribution in [1.29, 1.82) is 0 Å². The van der Waals surface area contributed by atoms with Crippen LogP contribution in [0.25, 0.3) is 0 Å². The van der Waals surface area contributed by atoms with Crippen LogP contribution in [0.1, 0.15) is 61.8 Å². The zero-order valence-corrected chi connectivity index (χ0v) is 12.5. The lowest BCUT2D eigenvalue weighted by Gasteiger charge is -2.34. The molecule has 6 nitrogen and oxygen atoms in total. The molecule has 2 aliphatic rings. The predicted molar refractivity (Wildman–Crippen MR) is 77.5 cm³/mol. The highest BCUT2D eigenvalue weighted by Crippen LogP contribution is 2.34. The van der Waals surface area contributed by atoms with Crippen LogP contribution in [0.3, 0.4) is 0 Å². The molecule has 0 saturated heterocycles. The van der Waals surface area contributed by atoms with Crippen LogP contribution in [0.4, 0.5) is 0 Å². The highest BCUT2D eigenvalue weighted by atomic mass is 16.3. The van der Waals surface area contributed by atoms with Gasteiger partial charge in [-0.15, -0.1) is 0 Å². The fraction of sp³-hybridized carbons (Fsp3) is 0.667. The summed E-state index contributed by atoms with van der Waals surface area (Å²) in [6.07, 6.45) is 4.25. The normalized spacial score (nSPS) is 19.4. The van der Waals surface area contributed by atoms with Gasteiger partial charge in [0, 0.05) is 25.0 Å². The summed E-state index contributed by atoms with van der Waals surface area (Å²) in [6, 6.07) is 0.0452. The summed E-state index contributed by atoms with van der Waals surface area (Å²) in [5.74, 6) is 0.136. The summed E-state index contributed by atoms with van der Waals surface area (Å²) in [5.41, 5.74) is -0.557. The van der Waals surface area contributed by atoms with Crippen molar-refractivity contribution in [2.75, 3.05) is 6.54 Å². The second kappa shape index (κ2) is 5.16. The lowest BCUT2D eigenvalue weighted by Crippen LogP contribution is -2.46. The number of carbonyl (C=O) groups is 1. The third-order valence-electron chi connectivity index (χ3n) is 4.56. The number of fused-ring (bicyclic) bond motifs is 1. The van der Waals surface area contributed by atoms with Crippen molar-refractivity contribution in [3.63, 3.8) is 0 Å². The second-order valence-electron chi connectivity index (χ2n) is 6.20. The quantitative estimate of drug-likeness (QED) is 0.895. The average molecular weight is 291 g/mol. The van der Waals surface area contributed by atoms with E-state index in [1.807, 2.05) is 13.8 Å². The molecule has 1 aliphatic carbocycles. The van der Waals surface area contributed by atoms with E-state index < -0.39 is 11.3 Å². The molecular formula is C15H21N3O3. The number of rotatable bonds is 2. The number of hydrogen-bond acceptors (Lipinski definition) is 4. The van der Waals surface area contributed by atoms with E-state index in [2.05, 4.69) is 4.98 Å². The molecule has 3 rings (SSSR count). The molecule has 0 spiro atoms. The van der Waals surface area contributed by atoms with Gasteiger partial charge in [0.15, 0.2) is 5.69 Å². The summed E-state index contributed by atoms with van der Waals surface area (Å²) in [6.45, 7) is 5.04. The number of nitrogens with zero attached hydrogens (tertiary/aromatic N) is 3. The van der Waals surface area contributed by atoms with Crippen molar-refractivity contribution in [3.05, 3.63) is 21.9 Å². The van der Waals surface area contributed by atoms with Crippen molar-refractivity contribution >= 4 is 5.91 Å². The van der Waals surface area contributed by atoms with Gasteiger partial charge in [0.1, 0.15) is 5.82 Å². The molecule has 2 heterocycles. The predicted octanol–water partition coefficient (Wildman–Crippen LogP) is 1.47. The Morgan fingerprint density at radius 3 is 2.48 bits per heavy atom. The van der Waals surface area contributed by atoms with Crippen molar-refractivity contribution in [3.8, 4) is 5.75 Å². The zero-order chi connectivity index (χ0) is 15.1. The van der Waals surface area contributed by atoms with Crippen molar-refractivity contribution in [2.45, 2.75) is 58.0 Å². The van der Waals surface area contributed by atoms with Gasteiger partial charge in [0.25, 0.3) is 5.91 Å². The summed E-state index contributed by atoms with van der Waals surface area (Å²) in [7, 11) is 0. The Hall–Kier alpha value is -1.85. The molecule has 0 radical (unpaired) electrons. The Kier molecular flexibility index (Phi) is 3.47. The van der Waals surface area contributed by atoms with E-state index in [1.165, 1.54) is 0 Å². The van der Waals surface area contributed by atoms with Gasteiger partial charge in [0.2, 0.25) is 5.75 Å². The summed E-state index contributed by atoms with van der Waals surface area (Å²) >= 11 is 0. The largest absolute Gasteiger partial charge is 0.501 e. The highest BCUT2D eigenvalue weighted by Gasteiger charge is 2.34. The fourth-order valence-electron chi connectivity index (χ4n) is 3.44. The summed E-state index contributed by atoms with van der Waals surface area (Å²) in [4.78, 5) is 30.3. The third kappa shape index (κ3) is 2.22. The maximum Gasteiger partial charge on any atom is 0.315 e. The molecule has 0 aromatic carbocycles. The Labute approximate surface area is 123 Å². The Balaban J connectivity index is 2.14. The van der Waals surface area contributed by atoms with E-state index >= 15 is 0 Å². The maximum absolute atomic E-state index is 12.6. The van der Waals surface area contributed by atoms with Crippen LogP contribution < -0.4 is 5.56 Å². The molecule has 1 aliphatic heterocycles. The monoisotopic (exact) mass is 291 g/mol. The lowest BCUT2D eigenvalue weighted by atomic mass is 10.1. The maximum atomic E-state index is 12.6. The molecule has 114 valence electrons. The molecule has 21 heavy (non-hydrogen) atoms. The topological polar surface area (TPSA) is 75.4 Å². The van der Waals surface area contributed by atoms with Crippen molar-refractivity contribution in [1.82, 2.24) is 14.5 Å². The molecule has 1 fully saturated rings. The molecule has 1 saturated carbocycles. The van der Waals surface area contributed by atoms with Gasteiger partial charge < -0.3 is 14.6 Å². The van der Waals surface area contributed by atoms with E-state index in [1.54, 1.807) is 9.47 Å². The van der Waals surface area contributed by atoms with Gasteiger partial charge in [-0.25, -0.2) is 0 Å². The smallest absolute Gasteiger partial charge is 0.315 e. The third-order valence-corrected chi connectivity index (χ3v) is 4.56. The molecule has 1 aromatic heterocycles. The van der Waals surface area contributed by atoms with Crippen molar-refractivity contribution < 1.29 is 9.90 Å². The van der Waals surface area contributed by atoms with Crippen LogP contribution in [0, 0.1) is 0 Å². The number of aromatic nitrogens is 2. The van der Waals surface area contributed by atoms with Crippen molar-refractivity contribution in [2.24, 2.45) is 0 Å². The Morgan fingerprint density at radius 1 is 1.19 bits per heavy atom. The standard InChI is InChI=1S/C15H21N3O3/c1-9(2)17-7-8-18-11(15(17)21)12(19)14(20)16-13(18)10-5-3-4-6-10/h9-10,19H,3-8H2,1-2H3. The number of amides is 1. The number of aromatic hydroxyl groups is 1. The van der Waals surface area contributed by atoms with Gasteiger partial charge in [0.05, 0.1) is 0 Å². The van der Waals surface area contributed by atoms with E-state index in [0.717, 1.165) is 25.7 Å². The van der Waals surface area contributed by atoms with Gasteiger partial charge in [-0.2, -0.15) is 4.98 Å². The van der Waals surface area contributed by atoms with E-state index in [4.69, 9.17) is 0 Å². The van der Waals surface area contributed by atoms with Gasteiger partial charge in [-0.3, -0.25) is 9.59 Å².